The molecule has 1 heterocycles. The van der Waals surface area contributed by atoms with Crippen LogP contribution in [0.2, 0.25) is 0 Å². The van der Waals surface area contributed by atoms with E-state index in [9.17, 15) is 0 Å². The molecule has 0 atom stereocenters. The second-order valence-electron chi connectivity index (χ2n) is 4.85. The summed E-state index contributed by atoms with van der Waals surface area (Å²) in [5, 5.41) is 4.50. The first kappa shape index (κ1) is 13.4. The number of aromatic nitrogens is 1. The maximum absolute atomic E-state index is 5.77. The van der Waals surface area contributed by atoms with Gasteiger partial charge >= 0.3 is 0 Å². The molecule has 0 aliphatic carbocycles. The molecule has 2 aromatic carbocycles. The van der Waals surface area contributed by atoms with Gasteiger partial charge in [0, 0.05) is 29.9 Å². The number of hydrogen-bond donors (Lipinski definition) is 1. The molecule has 0 bridgehead atoms. The SMILES string of the molecule is c1ccc(NCCCOc2ccc3cccnc3c2)cc1. The highest BCUT2D eigenvalue weighted by Crippen LogP contribution is 2.18. The molecule has 3 rings (SSSR count). The third-order valence-electron chi connectivity index (χ3n) is 3.27. The lowest BCUT2D eigenvalue weighted by Crippen LogP contribution is -2.07. The van der Waals surface area contributed by atoms with Gasteiger partial charge in [0.05, 0.1) is 12.1 Å². The fraction of sp³-hybridized carbons (Fsp3) is 0.167. The molecule has 3 heteroatoms. The Morgan fingerprint density at radius 1 is 0.952 bits per heavy atom. The van der Waals surface area contributed by atoms with Crippen molar-refractivity contribution in [2.45, 2.75) is 6.42 Å². The van der Waals surface area contributed by atoms with Gasteiger partial charge in [0.15, 0.2) is 0 Å². The van der Waals surface area contributed by atoms with Crippen LogP contribution in [0.1, 0.15) is 6.42 Å². The summed E-state index contributed by atoms with van der Waals surface area (Å²) in [6, 6.07) is 20.2. The number of benzene rings is 2. The van der Waals surface area contributed by atoms with Crippen LogP contribution in [0.3, 0.4) is 0 Å². The lowest BCUT2D eigenvalue weighted by molar-refractivity contribution is 0.315. The van der Waals surface area contributed by atoms with E-state index in [-0.39, 0.29) is 0 Å². The summed E-state index contributed by atoms with van der Waals surface area (Å²) in [5.74, 6) is 0.876. The fourth-order valence-electron chi connectivity index (χ4n) is 2.19. The van der Waals surface area contributed by atoms with Crippen LogP contribution in [0.4, 0.5) is 5.69 Å². The molecule has 0 fully saturated rings. The molecule has 0 saturated heterocycles. The van der Waals surface area contributed by atoms with Gasteiger partial charge in [0.25, 0.3) is 0 Å². The number of hydrogen-bond acceptors (Lipinski definition) is 3. The first-order valence-corrected chi connectivity index (χ1v) is 7.18. The average Bonchev–Trinajstić information content (AvgIpc) is 2.55. The number of nitrogens with zero attached hydrogens (tertiary/aromatic N) is 1. The minimum absolute atomic E-state index is 0.693. The number of para-hydroxylation sites is 1. The predicted molar refractivity (Wildman–Crippen MR) is 86.8 cm³/mol. The smallest absolute Gasteiger partial charge is 0.121 e. The molecule has 106 valence electrons. The van der Waals surface area contributed by atoms with Crippen LogP contribution in [0.5, 0.6) is 5.75 Å². The van der Waals surface area contributed by atoms with Crippen LogP contribution >= 0.6 is 0 Å². The molecular formula is C18H18N2O. The van der Waals surface area contributed by atoms with Gasteiger partial charge in [-0.2, -0.15) is 0 Å². The van der Waals surface area contributed by atoms with Crippen molar-refractivity contribution in [2.75, 3.05) is 18.5 Å². The predicted octanol–water partition coefficient (Wildman–Crippen LogP) is 4.12. The largest absolute Gasteiger partial charge is 0.493 e. The Morgan fingerprint density at radius 3 is 2.76 bits per heavy atom. The van der Waals surface area contributed by atoms with Crippen molar-refractivity contribution >= 4 is 16.6 Å². The Kier molecular flexibility index (Phi) is 4.32. The summed E-state index contributed by atoms with van der Waals surface area (Å²) in [6.07, 6.45) is 2.76. The van der Waals surface area contributed by atoms with E-state index in [0.29, 0.717) is 6.61 Å². The Bertz CT molecular complexity index is 698. The highest BCUT2D eigenvalue weighted by Gasteiger charge is 1.98. The van der Waals surface area contributed by atoms with Crippen molar-refractivity contribution < 1.29 is 4.74 Å². The first-order chi connectivity index (χ1) is 10.4. The van der Waals surface area contributed by atoms with E-state index in [2.05, 4.69) is 28.5 Å². The molecule has 3 aromatic rings. The summed E-state index contributed by atoms with van der Waals surface area (Å²) in [4.78, 5) is 4.33. The molecule has 0 radical (unpaired) electrons. The van der Waals surface area contributed by atoms with Crippen LogP contribution < -0.4 is 10.1 Å². The minimum Gasteiger partial charge on any atom is -0.493 e. The molecule has 3 nitrogen and oxygen atoms in total. The van der Waals surface area contributed by atoms with Crippen LogP contribution in [-0.4, -0.2) is 18.1 Å². The third-order valence-corrected chi connectivity index (χ3v) is 3.27. The average molecular weight is 278 g/mol. The summed E-state index contributed by atoms with van der Waals surface area (Å²) in [7, 11) is 0. The van der Waals surface area contributed by atoms with E-state index in [0.717, 1.165) is 35.3 Å². The molecule has 0 spiro atoms. The van der Waals surface area contributed by atoms with Crippen molar-refractivity contribution in [2.24, 2.45) is 0 Å². The van der Waals surface area contributed by atoms with Crippen LogP contribution in [0.15, 0.2) is 66.9 Å². The van der Waals surface area contributed by atoms with E-state index in [1.165, 1.54) is 0 Å². The molecule has 1 aromatic heterocycles. The van der Waals surface area contributed by atoms with Gasteiger partial charge in [-0.05, 0) is 36.8 Å². The van der Waals surface area contributed by atoms with Crippen molar-refractivity contribution in [3.63, 3.8) is 0 Å². The van der Waals surface area contributed by atoms with Gasteiger partial charge in [-0.15, -0.1) is 0 Å². The van der Waals surface area contributed by atoms with Gasteiger partial charge in [-0.3, -0.25) is 4.98 Å². The van der Waals surface area contributed by atoms with Gasteiger partial charge in [-0.1, -0.05) is 24.3 Å². The van der Waals surface area contributed by atoms with Crippen LogP contribution in [0.25, 0.3) is 10.9 Å². The van der Waals surface area contributed by atoms with Gasteiger partial charge in [0.1, 0.15) is 5.75 Å². The molecule has 1 N–H and O–H groups in total. The standard InChI is InChI=1S/C18H18N2O/c1-2-7-16(8-3-1)19-12-5-13-21-17-10-9-15-6-4-11-20-18(15)14-17/h1-4,6-11,14,19H,5,12-13H2. The minimum atomic E-state index is 0.693. The zero-order valence-electron chi connectivity index (χ0n) is 11.8. The van der Waals surface area contributed by atoms with E-state index in [4.69, 9.17) is 4.74 Å². The summed E-state index contributed by atoms with van der Waals surface area (Å²) < 4.78 is 5.77. The normalized spacial score (nSPS) is 10.5. The summed E-state index contributed by atoms with van der Waals surface area (Å²) in [6.45, 7) is 1.59. The Hall–Kier alpha value is -2.55. The third kappa shape index (κ3) is 3.72. The topological polar surface area (TPSA) is 34.1 Å². The summed E-state index contributed by atoms with van der Waals surface area (Å²) >= 11 is 0. The number of anilines is 1. The molecule has 0 amide bonds. The lowest BCUT2D eigenvalue weighted by Gasteiger charge is -2.08. The van der Waals surface area contributed by atoms with Gasteiger partial charge in [0.2, 0.25) is 0 Å². The number of pyridine rings is 1. The summed E-state index contributed by atoms with van der Waals surface area (Å²) in [5.41, 5.74) is 2.12. The zero-order valence-corrected chi connectivity index (χ0v) is 11.8. The zero-order chi connectivity index (χ0) is 14.3. The Morgan fingerprint density at radius 2 is 1.86 bits per heavy atom. The Balaban J connectivity index is 1.46. The Labute approximate surface area is 124 Å². The molecule has 0 aliphatic rings. The molecular weight excluding hydrogens is 260 g/mol. The molecule has 21 heavy (non-hydrogen) atoms. The first-order valence-electron chi connectivity index (χ1n) is 7.18. The highest BCUT2D eigenvalue weighted by molar-refractivity contribution is 5.79. The van der Waals surface area contributed by atoms with Gasteiger partial charge in [-0.25, -0.2) is 0 Å². The highest BCUT2D eigenvalue weighted by atomic mass is 16.5. The number of nitrogens with one attached hydrogen (secondary N) is 1. The van der Waals surface area contributed by atoms with E-state index < -0.39 is 0 Å². The van der Waals surface area contributed by atoms with Crippen molar-refractivity contribution in [1.29, 1.82) is 0 Å². The fourth-order valence-corrected chi connectivity index (χ4v) is 2.19. The number of rotatable bonds is 6. The second-order valence-corrected chi connectivity index (χ2v) is 4.85. The lowest BCUT2D eigenvalue weighted by atomic mass is 10.2. The van der Waals surface area contributed by atoms with E-state index in [1.54, 1.807) is 6.20 Å². The quantitative estimate of drug-likeness (QED) is 0.689. The van der Waals surface area contributed by atoms with Crippen LogP contribution in [0, 0.1) is 0 Å². The maximum Gasteiger partial charge on any atom is 0.121 e. The monoisotopic (exact) mass is 278 g/mol. The maximum atomic E-state index is 5.77. The van der Waals surface area contributed by atoms with Crippen LogP contribution in [-0.2, 0) is 0 Å². The molecule has 0 aliphatic heterocycles. The molecule has 0 unspecified atom stereocenters. The van der Waals surface area contributed by atoms with E-state index in [1.807, 2.05) is 42.5 Å². The van der Waals surface area contributed by atoms with Crippen molar-refractivity contribution in [3.8, 4) is 5.75 Å². The molecule has 0 saturated carbocycles. The number of ether oxygens (including phenoxy) is 1. The second kappa shape index (κ2) is 6.75. The van der Waals surface area contributed by atoms with Crippen molar-refractivity contribution in [3.05, 3.63) is 66.9 Å². The van der Waals surface area contributed by atoms with Gasteiger partial charge < -0.3 is 10.1 Å². The van der Waals surface area contributed by atoms with E-state index >= 15 is 0 Å². The number of fused-ring (bicyclic) bond motifs is 1. The van der Waals surface area contributed by atoms with Crippen molar-refractivity contribution in [1.82, 2.24) is 4.98 Å².